The van der Waals surface area contributed by atoms with E-state index < -0.39 is 11.6 Å². The molecule has 0 bridgehead atoms. The molecule has 0 amide bonds. The first-order valence-corrected chi connectivity index (χ1v) is 8.71. The molecule has 0 fully saturated rings. The Morgan fingerprint density at radius 2 is 2.04 bits per heavy atom. The highest BCUT2D eigenvalue weighted by molar-refractivity contribution is 7.07. The fourth-order valence-electron chi connectivity index (χ4n) is 3.22. The Morgan fingerprint density at radius 1 is 1.17 bits per heavy atom. The van der Waals surface area contributed by atoms with Crippen LogP contribution in [-0.4, -0.2) is 17.2 Å². The molecule has 4 rings (SSSR count). The summed E-state index contributed by atoms with van der Waals surface area (Å²) in [7, 11) is 0. The minimum absolute atomic E-state index is 0.654. The van der Waals surface area contributed by atoms with Crippen molar-refractivity contribution in [1.82, 2.24) is 4.98 Å². The molecule has 118 valence electrons. The third-order valence-electron chi connectivity index (χ3n) is 4.36. The van der Waals surface area contributed by atoms with Crippen LogP contribution in [0.1, 0.15) is 29.7 Å². The average molecular weight is 330 g/mol. The van der Waals surface area contributed by atoms with E-state index in [4.69, 9.17) is 4.99 Å². The van der Waals surface area contributed by atoms with Crippen LogP contribution in [0.4, 0.5) is 8.78 Å². The fraction of sp³-hybridized carbons (Fsp3) is 0.278. The van der Waals surface area contributed by atoms with Gasteiger partial charge in [-0.15, -0.1) is 0 Å². The normalized spacial score (nSPS) is 16.2. The molecule has 2 nitrogen and oxygen atoms in total. The van der Waals surface area contributed by atoms with E-state index in [1.807, 2.05) is 0 Å². The molecule has 2 aromatic heterocycles. The number of aromatic nitrogens is 1. The zero-order valence-electron chi connectivity index (χ0n) is 12.5. The zero-order valence-corrected chi connectivity index (χ0v) is 13.4. The third kappa shape index (κ3) is 2.70. The van der Waals surface area contributed by atoms with Gasteiger partial charge >= 0.3 is 0 Å². The second kappa shape index (κ2) is 5.89. The molecule has 1 N–H and O–H groups in total. The molecule has 0 unspecified atom stereocenters. The van der Waals surface area contributed by atoms with Crippen molar-refractivity contribution in [3.8, 4) is 0 Å². The van der Waals surface area contributed by atoms with Crippen LogP contribution in [0.5, 0.6) is 0 Å². The van der Waals surface area contributed by atoms with Gasteiger partial charge in [0.1, 0.15) is 0 Å². The number of thiophene rings is 1. The largest absolute Gasteiger partial charge is 0.353 e. The highest BCUT2D eigenvalue weighted by atomic mass is 32.1. The van der Waals surface area contributed by atoms with Crippen LogP contribution < -0.4 is 0 Å². The van der Waals surface area contributed by atoms with Gasteiger partial charge in [-0.25, -0.2) is 8.78 Å². The number of halogens is 2. The van der Waals surface area contributed by atoms with E-state index in [9.17, 15) is 8.78 Å². The molecule has 3 aromatic rings. The predicted octanol–water partition coefficient (Wildman–Crippen LogP) is 4.88. The highest BCUT2D eigenvalue weighted by Crippen LogP contribution is 2.30. The summed E-state index contributed by atoms with van der Waals surface area (Å²) in [5.41, 5.74) is 5.01. The van der Waals surface area contributed by atoms with E-state index in [1.54, 1.807) is 11.3 Å². The molecular formula is C18H16F2N2S. The van der Waals surface area contributed by atoms with E-state index >= 15 is 0 Å². The number of aryl methyl sites for hydroxylation is 1. The quantitative estimate of drug-likeness (QED) is 0.709. The summed E-state index contributed by atoms with van der Waals surface area (Å²) in [4.78, 5) is 7.98. The summed E-state index contributed by atoms with van der Waals surface area (Å²) in [5, 5.41) is 4.99. The molecule has 0 radical (unpaired) electrons. The van der Waals surface area contributed by atoms with Crippen LogP contribution in [0.15, 0.2) is 34.0 Å². The van der Waals surface area contributed by atoms with Crippen molar-refractivity contribution in [2.75, 3.05) is 6.54 Å². The fourth-order valence-corrected chi connectivity index (χ4v) is 3.92. The molecule has 0 atom stereocenters. The number of benzene rings is 1. The summed E-state index contributed by atoms with van der Waals surface area (Å²) < 4.78 is 27.0. The SMILES string of the molecule is Fc1cc2[nH]c3c(c2cc1F)CCCC3=NCCc1ccsc1. The summed E-state index contributed by atoms with van der Waals surface area (Å²) in [6, 6.07) is 4.66. The molecule has 0 aliphatic heterocycles. The zero-order chi connectivity index (χ0) is 15.8. The van der Waals surface area contributed by atoms with Gasteiger partial charge in [0.25, 0.3) is 0 Å². The molecule has 1 aliphatic carbocycles. The lowest BCUT2D eigenvalue weighted by Crippen LogP contribution is -2.12. The van der Waals surface area contributed by atoms with Gasteiger partial charge in [0.05, 0.1) is 11.4 Å². The smallest absolute Gasteiger partial charge is 0.160 e. The van der Waals surface area contributed by atoms with Gasteiger partial charge in [-0.2, -0.15) is 11.3 Å². The van der Waals surface area contributed by atoms with E-state index in [1.165, 1.54) is 17.7 Å². The van der Waals surface area contributed by atoms with Gasteiger partial charge in [-0.3, -0.25) is 4.99 Å². The number of H-pyrrole nitrogens is 1. The number of fused-ring (bicyclic) bond motifs is 3. The molecule has 0 spiro atoms. The van der Waals surface area contributed by atoms with Crippen molar-refractivity contribution in [1.29, 1.82) is 0 Å². The number of nitrogens with zero attached hydrogens (tertiary/aromatic N) is 1. The number of hydrogen-bond acceptors (Lipinski definition) is 2. The Labute approximate surface area is 136 Å². The maximum atomic E-state index is 13.5. The number of rotatable bonds is 3. The van der Waals surface area contributed by atoms with Crippen molar-refractivity contribution in [3.05, 3.63) is 57.4 Å². The lowest BCUT2D eigenvalue weighted by atomic mass is 9.94. The molecule has 1 aromatic carbocycles. The van der Waals surface area contributed by atoms with Crippen molar-refractivity contribution in [3.63, 3.8) is 0 Å². The molecule has 0 saturated carbocycles. The van der Waals surface area contributed by atoms with Crippen LogP contribution in [0.2, 0.25) is 0 Å². The van der Waals surface area contributed by atoms with E-state index in [2.05, 4.69) is 21.8 Å². The lowest BCUT2D eigenvalue weighted by molar-refractivity contribution is 0.511. The standard InChI is InChI=1S/C18H16F2N2S/c19-14-8-13-12-2-1-3-16(18(12)22-17(13)9-15(14)20)21-6-4-11-5-7-23-10-11/h5,7-10,22H,1-4,6H2. The molecule has 23 heavy (non-hydrogen) atoms. The van der Waals surface area contributed by atoms with Crippen molar-refractivity contribution < 1.29 is 8.78 Å². The molecular weight excluding hydrogens is 314 g/mol. The van der Waals surface area contributed by atoms with E-state index in [-0.39, 0.29) is 0 Å². The Balaban J connectivity index is 1.67. The molecule has 0 saturated heterocycles. The Hall–Kier alpha value is -2.01. The van der Waals surface area contributed by atoms with Crippen LogP contribution in [0.3, 0.4) is 0 Å². The Morgan fingerprint density at radius 3 is 2.87 bits per heavy atom. The lowest BCUT2D eigenvalue weighted by Gasteiger charge is -2.14. The molecule has 2 heterocycles. The number of aromatic amines is 1. The van der Waals surface area contributed by atoms with Gasteiger partial charge in [0.2, 0.25) is 0 Å². The second-order valence-corrected chi connectivity index (χ2v) is 6.63. The maximum absolute atomic E-state index is 13.5. The van der Waals surface area contributed by atoms with Crippen LogP contribution in [-0.2, 0) is 12.8 Å². The number of nitrogens with one attached hydrogen (secondary N) is 1. The second-order valence-electron chi connectivity index (χ2n) is 5.85. The van der Waals surface area contributed by atoms with Crippen molar-refractivity contribution in [2.24, 2.45) is 4.99 Å². The first-order valence-electron chi connectivity index (χ1n) is 7.77. The van der Waals surface area contributed by atoms with Gasteiger partial charge in [-0.1, -0.05) is 0 Å². The topological polar surface area (TPSA) is 28.1 Å². The van der Waals surface area contributed by atoms with E-state index in [0.717, 1.165) is 54.6 Å². The Kier molecular flexibility index (Phi) is 3.73. The van der Waals surface area contributed by atoms with Gasteiger partial charge in [-0.05, 0) is 59.7 Å². The highest BCUT2D eigenvalue weighted by Gasteiger charge is 2.21. The van der Waals surface area contributed by atoms with E-state index in [0.29, 0.717) is 5.52 Å². The number of aliphatic imine (C=N–C) groups is 1. The van der Waals surface area contributed by atoms with Crippen LogP contribution in [0, 0.1) is 11.6 Å². The summed E-state index contributed by atoms with van der Waals surface area (Å²) in [6.45, 7) is 0.740. The van der Waals surface area contributed by atoms with Gasteiger partial charge < -0.3 is 4.98 Å². The summed E-state index contributed by atoms with van der Waals surface area (Å²) in [5.74, 6) is -1.60. The maximum Gasteiger partial charge on any atom is 0.160 e. The number of hydrogen-bond donors (Lipinski definition) is 1. The Bertz CT molecular complexity index is 878. The third-order valence-corrected chi connectivity index (χ3v) is 5.09. The van der Waals surface area contributed by atoms with Crippen molar-refractivity contribution in [2.45, 2.75) is 25.7 Å². The summed E-state index contributed by atoms with van der Waals surface area (Å²) in [6.07, 6.45) is 3.71. The monoisotopic (exact) mass is 330 g/mol. The summed E-state index contributed by atoms with van der Waals surface area (Å²) >= 11 is 1.69. The molecule has 1 aliphatic rings. The first kappa shape index (κ1) is 14.6. The van der Waals surface area contributed by atoms with Gasteiger partial charge in [0.15, 0.2) is 11.6 Å². The average Bonchev–Trinajstić information content (AvgIpc) is 3.16. The van der Waals surface area contributed by atoms with Crippen LogP contribution >= 0.6 is 11.3 Å². The predicted molar refractivity (Wildman–Crippen MR) is 90.6 cm³/mol. The molecule has 5 heteroatoms. The van der Waals surface area contributed by atoms with Crippen molar-refractivity contribution >= 4 is 28.0 Å². The van der Waals surface area contributed by atoms with Crippen LogP contribution in [0.25, 0.3) is 10.9 Å². The minimum atomic E-state index is -0.813. The minimum Gasteiger partial charge on any atom is -0.353 e. The van der Waals surface area contributed by atoms with Gasteiger partial charge in [0, 0.05) is 23.5 Å². The first-order chi connectivity index (χ1) is 11.2.